The number of carboxylic acids is 1. The summed E-state index contributed by atoms with van der Waals surface area (Å²) >= 11 is 0. The van der Waals surface area contributed by atoms with Crippen LogP contribution in [0.1, 0.15) is 77.6 Å². The summed E-state index contributed by atoms with van der Waals surface area (Å²) in [5, 5.41) is 19.2. The molecule has 142 valence electrons. The van der Waals surface area contributed by atoms with Gasteiger partial charge in [-0.25, -0.2) is 4.79 Å². The number of aliphatic carboxylic acids is 1. The number of carboxylic acid groups (broad SMARTS) is 1. The smallest absolute Gasteiger partial charge is 0.379 e. The Kier molecular flexibility index (Phi) is 15.6. The van der Waals surface area contributed by atoms with Crippen LogP contribution in [0.15, 0.2) is 36.5 Å². The van der Waals surface area contributed by atoms with Crippen LogP contribution in [0.25, 0.3) is 0 Å². The Morgan fingerprint density at radius 2 is 1.44 bits per heavy atom. The zero-order chi connectivity index (χ0) is 18.8. The zero-order valence-corrected chi connectivity index (χ0v) is 15.4. The van der Waals surface area contributed by atoms with Crippen LogP contribution in [0, 0.1) is 10.1 Å². The maximum Gasteiger partial charge on any atom is 0.379 e. The van der Waals surface area contributed by atoms with Crippen molar-refractivity contribution >= 4 is 5.97 Å². The molecule has 0 bridgehead atoms. The largest absolute Gasteiger partial charge is 0.476 e. The van der Waals surface area contributed by atoms with E-state index in [1.807, 2.05) is 12.2 Å². The van der Waals surface area contributed by atoms with E-state index in [4.69, 9.17) is 5.11 Å². The van der Waals surface area contributed by atoms with Crippen LogP contribution in [0.5, 0.6) is 0 Å². The average molecular weight is 351 g/mol. The Morgan fingerprint density at radius 3 is 2.00 bits per heavy atom. The molecule has 0 radical (unpaired) electrons. The molecule has 0 spiro atoms. The van der Waals surface area contributed by atoms with E-state index in [0.29, 0.717) is 6.42 Å². The van der Waals surface area contributed by atoms with Crippen LogP contribution < -0.4 is 0 Å². The lowest BCUT2D eigenvalue weighted by atomic mass is 10.1. The lowest BCUT2D eigenvalue weighted by molar-refractivity contribution is -0.510. The molecule has 1 N–H and O–H groups in total. The van der Waals surface area contributed by atoms with Crippen LogP contribution >= 0.6 is 0 Å². The number of allylic oxidation sites excluding steroid dienone is 6. The van der Waals surface area contributed by atoms with Gasteiger partial charge in [-0.1, -0.05) is 75.5 Å². The van der Waals surface area contributed by atoms with E-state index in [1.165, 1.54) is 38.5 Å². The van der Waals surface area contributed by atoms with Gasteiger partial charge in [-0.15, -0.1) is 0 Å². The molecule has 0 aromatic rings. The highest BCUT2D eigenvalue weighted by atomic mass is 16.6. The summed E-state index contributed by atoms with van der Waals surface area (Å²) in [6, 6.07) is -1.50. The average Bonchev–Trinajstić information content (AvgIpc) is 2.57. The van der Waals surface area contributed by atoms with Crippen molar-refractivity contribution in [1.29, 1.82) is 0 Å². The molecule has 5 heteroatoms. The van der Waals surface area contributed by atoms with E-state index < -0.39 is 16.9 Å². The molecule has 0 aromatic heterocycles. The van der Waals surface area contributed by atoms with E-state index in [9.17, 15) is 14.9 Å². The lowest BCUT2D eigenvalue weighted by Gasteiger charge is -2.01. The van der Waals surface area contributed by atoms with Gasteiger partial charge in [0, 0.05) is 11.3 Å². The highest BCUT2D eigenvalue weighted by molar-refractivity contribution is 5.71. The van der Waals surface area contributed by atoms with Gasteiger partial charge >= 0.3 is 12.0 Å². The first-order valence-electron chi connectivity index (χ1n) is 9.40. The number of hydrogen-bond acceptors (Lipinski definition) is 3. The lowest BCUT2D eigenvalue weighted by Crippen LogP contribution is -2.28. The standard InChI is InChI=1S/C20H33NO4/c1-2-3-4-5-6-7-8-9-10-11-12-13-14-15-16-17-18-19(20(22)23)21(24)25/h9-10,12-13,15-16,19H,2-8,11,14,17-18H2,1H3,(H,22,23). The van der Waals surface area contributed by atoms with Crippen molar-refractivity contribution in [2.75, 3.05) is 0 Å². The predicted molar refractivity (Wildman–Crippen MR) is 102 cm³/mol. The van der Waals surface area contributed by atoms with Crippen LogP contribution in [0.4, 0.5) is 0 Å². The molecule has 0 aliphatic rings. The van der Waals surface area contributed by atoms with Gasteiger partial charge in [0.15, 0.2) is 0 Å². The second-order valence-corrected chi connectivity index (χ2v) is 6.16. The minimum absolute atomic E-state index is 0.0315. The van der Waals surface area contributed by atoms with Crippen molar-refractivity contribution < 1.29 is 14.8 Å². The molecule has 5 nitrogen and oxygen atoms in total. The molecule has 0 saturated heterocycles. The summed E-state index contributed by atoms with van der Waals surface area (Å²) in [5.41, 5.74) is 0. The fourth-order valence-electron chi connectivity index (χ4n) is 2.39. The second kappa shape index (κ2) is 16.9. The van der Waals surface area contributed by atoms with Gasteiger partial charge in [0.25, 0.3) is 0 Å². The third-order valence-electron chi connectivity index (χ3n) is 3.91. The Hall–Kier alpha value is -1.91. The van der Waals surface area contributed by atoms with Crippen molar-refractivity contribution in [2.24, 2.45) is 0 Å². The SMILES string of the molecule is CCCCCCCCC=CCC=CCC=CCCC(C(=O)O)[N+](=O)[O-]. The van der Waals surface area contributed by atoms with E-state index in [0.717, 1.165) is 19.3 Å². The topological polar surface area (TPSA) is 80.4 Å². The van der Waals surface area contributed by atoms with Crippen LogP contribution in [-0.2, 0) is 4.79 Å². The molecule has 0 saturated carbocycles. The Morgan fingerprint density at radius 1 is 0.920 bits per heavy atom. The summed E-state index contributed by atoms with van der Waals surface area (Å²) in [7, 11) is 0. The number of nitrogens with zero attached hydrogens (tertiary/aromatic N) is 1. The molecule has 25 heavy (non-hydrogen) atoms. The zero-order valence-electron chi connectivity index (χ0n) is 15.4. The van der Waals surface area contributed by atoms with Gasteiger partial charge in [-0.2, -0.15) is 0 Å². The normalized spacial score (nSPS) is 13.2. The third-order valence-corrected chi connectivity index (χ3v) is 3.91. The molecular formula is C20H33NO4. The number of carbonyl (C=O) groups is 1. The summed E-state index contributed by atoms with van der Waals surface area (Å²) < 4.78 is 0. The Balaban J connectivity index is 3.57. The molecule has 0 aromatic carbocycles. The van der Waals surface area contributed by atoms with Crippen LogP contribution in [-0.4, -0.2) is 22.0 Å². The first kappa shape index (κ1) is 23.1. The van der Waals surface area contributed by atoms with Gasteiger partial charge in [0.2, 0.25) is 0 Å². The van der Waals surface area contributed by atoms with Crippen molar-refractivity contribution in [2.45, 2.75) is 83.6 Å². The van der Waals surface area contributed by atoms with E-state index in [1.54, 1.807) is 6.08 Å². The van der Waals surface area contributed by atoms with E-state index >= 15 is 0 Å². The molecule has 1 unspecified atom stereocenters. The van der Waals surface area contributed by atoms with Crippen LogP contribution in [0.2, 0.25) is 0 Å². The van der Waals surface area contributed by atoms with Crippen molar-refractivity contribution in [3.05, 3.63) is 46.6 Å². The highest BCUT2D eigenvalue weighted by Gasteiger charge is 2.27. The fourth-order valence-corrected chi connectivity index (χ4v) is 2.39. The summed E-state index contributed by atoms with van der Waals surface area (Å²) in [6.45, 7) is 2.23. The summed E-state index contributed by atoms with van der Waals surface area (Å²) in [4.78, 5) is 20.4. The number of rotatable bonds is 16. The van der Waals surface area contributed by atoms with Gasteiger partial charge in [-0.3, -0.25) is 10.1 Å². The monoisotopic (exact) mass is 351 g/mol. The molecular weight excluding hydrogens is 318 g/mol. The number of hydrogen-bond donors (Lipinski definition) is 1. The molecule has 0 heterocycles. The quantitative estimate of drug-likeness (QED) is 0.167. The number of nitro groups is 1. The maximum atomic E-state index is 10.6. The Bertz CT molecular complexity index is 427. The minimum Gasteiger partial charge on any atom is -0.476 e. The van der Waals surface area contributed by atoms with Crippen LogP contribution in [0.3, 0.4) is 0 Å². The molecule has 0 rings (SSSR count). The third kappa shape index (κ3) is 15.4. The molecule has 0 fully saturated rings. The highest BCUT2D eigenvalue weighted by Crippen LogP contribution is 2.07. The first-order valence-corrected chi connectivity index (χ1v) is 9.40. The van der Waals surface area contributed by atoms with Crippen molar-refractivity contribution in [3.63, 3.8) is 0 Å². The second-order valence-electron chi connectivity index (χ2n) is 6.16. The van der Waals surface area contributed by atoms with Crippen molar-refractivity contribution in [1.82, 2.24) is 0 Å². The first-order chi connectivity index (χ1) is 12.1. The van der Waals surface area contributed by atoms with Gasteiger partial charge in [0.1, 0.15) is 0 Å². The molecule has 0 aliphatic carbocycles. The van der Waals surface area contributed by atoms with Crippen molar-refractivity contribution in [3.8, 4) is 0 Å². The molecule has 1 atom stereocenters. The van der Waals surface area contributed by atoms with E-state index in [2.05, 4.69) is 25.2 Å². The predicted octanol–water partition coefficient (Wildman–Crippen LogP) is 5.70. The summed E-state index contributed by atoms with van der Waals surface area (Å²) in [6.07, 6.45) is 23.5. The maximum absolute atomic E-state index is 10.6. The van der Waals surface area contributed by atoms with Gasteiger partial charge < -0.3 is 5.11 Å². The number of unbranched alkanes of at least 4 members (excludes halogenated alkanes) is 6. The summed E-state index contributed by atoms with van der Waals surface area (Å²) in [5.74, 6) is -1.37. The molecule has 0 amide bonds. The minimum atomic E-state index is -1.50. The molecule has 0 aliphatic heterocycles. The van der Waals surface area contributed by atoms with Gasteiger partial charge in [0.05, 0.1) is 0 Å². The Labute approximate surface area is 151 Å². The van der Waals surface area contributed by atoms with Gasteiger partial charge in [-0.05, 0) is 32.1 Å². The van der Waals surface area contributed by atoms with E-state index in [-0.39, 0.29) is 6.42 Å². The fraction of sp³-hybridized carbons (Fsp3) is 0.650.